The molecule has 0 spiro atoms. The van der Waals surface area contributed by atoms with E-state index in [4.69, 9.17) is 0 Å². The molecule has 0 aliphatic carbocycles. The largest absolute Gasteiger partial charge is 0.263 e. The van der Waals surface area contributed by atoms with E-state index >= 15 is 0 Å². The van der Waals surface area contributed by atoms with Crippen LogP contribution in [0.1, 0.15) is 5.56 Å². The fourth-order valence-electron chi connectivity index (χ4n) is 1.05. The predicted octanol–water partition coefficient (Wildman–Crippen LogP) is 3.79. The number of hydrogen-bond donors (Lipinski definition) is 0. The Morgan fingerprint density at radius 2 is 1.92 bits per heavy atom. The topological polar surface area (TPSA) is 12.9 Å². The Labute approximate surface area is 104 Å². The minimum Gasteiger partial charge on any atom is -0.263 e. The van der Waals surface area contributed by atoms with Crippen LogP contribution in [0.3, 0.4) is 0 Å². The van der Waals surface area contributed by atoms with Gasteiger partial charge in [-0.1, -0.05) is 31.9 Å². The van der Waals surface area contributed by atoms with Crippen LogP contribution in [-0.2, 0) is 6.42 Å². The van der Waals surface area contributed by atoms with Crippen molar-refractivity contribution in [3.8, 4) is 0 Å². The summed E-state index contributed by atoms with van der Waals surface area (Å²) in [7, 11) is 0. The molecule has 0 bridgehead atoms. The molecule has 0 atom stereocenters. The Hall–Kier alpha value is 0.590. The van der Waals surface area contributed by atoms with Crippen LogP contribution in [-0.4, -0.2) is 15.6 Å². The molecule has 0 N–H and O–H groups in total. The van der Waals surface area contributed by atoms with E-state index in [1.54, 1.807) is 6.20 Å². The van der Waals surface area contributed by atoms with Gasteiger partial charge in [0.1, 0.15) is 0 Å². The summed E-state index contributed by atoms with van der Waals surface area (Å²) in [5, 5.41) is 2.04. The molecular weight excluding hydrogens is 362 g/mol. The van der Waals surface area contributed by atoms with Crippen molar-refractivity contribution in [1.82, 2.24) is 4.98 Å². The molecule has 0 fully saturated rings. The third kappa shape index (κ3) is 4.09. The monoisotopic (exact) mass is 369 g/mol. The van der Waals surface area contributed by atoms with Crippen molar-refractivity contribution in [2.45, 2.75) is 6.42 Å². The highest BCUT2D eigenvalue weighted by Gasteiger charge is 2.06. The Balaban J connectivity index is 2.62. The van der Waals surface area contributed by atoms with Crippen LogP contribution in [0, 0.1) is 5.92 Å². The first-order valence-electron chi connectivity index (χ1n) is 3.97. The molecule has 1 aromatic rings. The van der Waals surface area contributed by atoms with E-state index < -0.39 is 0 Å². The molecule has 0 aromatic carbocycles. The zero-order valence-electron chi connectivity index (χ0n) is 7.01. The molecule has 1 heterocycles. The molecule has 0 amide bonds. The molecule has 0 aliphatic rings. The van der Waals surface area contributed by atoms with Crippen LogP contribution in [0.15, 0.2) is 22.9 Å². The lowest BCUT2D eigenvalue weighted by Gasteiger charge is -2.09. The average molecular weight is 372 g/mol. The summed E-state index contributed by atoms with van der Waals surface area (Å²) in [6.07, 6.45) is 4.78. The molecule has 1 nitrogen and oxygen atoms in total. The van der Waals surface area contributed by atoms with E-state index in [2.05, 4.69) is 58.8 Å². The van der Waals surface area contributed by atoms with E-state index in [-0.39, 0.29) is 0 Å². The number of nitrogens with zero attached hydrogens (tertiary/aromatic N) is 1. The van der Waals surface area contributed by atoms with Gasteiger partial charge >= 0.3 is 0 Å². The highest BCUT2D eigenvalue weighted by molar-refractivity contribution is 9.10. The van der Waals surface area contributed by atoms with Gasteiger partial charge in [-0.3, -0.25) is 4.98 Å². The van der Waals surface area contributed by atoms with Gasteiger partial charge in [0.05, 0.1) is 0 Å². The predicted molar refractivity (Wildman–Crippen MR) is 66.7 cm³/mol. The molecule has 13 heavy (non-hydrogen) atoms. The quantitative estimate of drug-likeness (QED) is 0.734. The first-order chi connectivity index (χ1) is 6.26. The summed E-state index contributed by atoms with van der Waals surface area (Å²) in [4.78, 5) is 4.13. The van der Waals surface area contributed by atoms with Gasteiger partial charge in [0.2, 0.25) is 0 Å². The summed E-state index contributed by atoms with van der Waals surface area (Å²) in [6.45, 7) is 0. The summed E-state index contributed by atoms with van der Waals surface area (Å²) >= 11 is 10.4. The van der Waals surface area contributed by atoms with Crippen molar-refractivity contribution >= 4 is 47.8 Å². The van der Waals surface area contributed by atoms with Gasteiger partial charge in [0.15, 0.2) is 0 Å². The van der Waals surface area contributed by atoms with Crippen molar-refractivity contribution in [2.75, 3.05) is 10.7 Å². The fraction of sp³-hybridized carbons (Fsp3) is 0.444. The molecule has 0 saturated heterocycles. The highest BCUT2D eigenvalue weighted by atomic mass is 79.9. The van der Waals surface area contributed by atoms with E-state index in [1.807, 2.05) is 6.20 Å². The zero-order valence-corrected chi connectivity index (χ0v) is 11.8. The molecule has 1 aromatic heterocycles. The number of alkyl halides is 2. The molecule has 0 saturated carbocycles. The third-order valence-corrected chi connectivity index (χ3v) is 3.99. The molecule has 0 unspecified atom stereocenters. The second kappa shape index (κ2) is 6.14. The number of hydrogen-bond acceptors (Lipinski definition) is 1. The van der Waals surface area contributed by atoms with Crippen LogP contribution in [0.5, 0.6) is 0 Å². The zero-order chi connectivity index (χ0) is 9.68. The van der Waals surface area contributed by atoms with Crippen LogP contribution in [0.2, 0.25) is 0 Å². The van der Waals surface area contributed by atoms with Gasteiger partial charge in [-0.15, -0.1) is 0 Å². The van der Waals surface area contributed by atoms with Gasteiger partial charge in [-0.2, -0.15) is 0 Å². The van der Waals surface area contributed by atoms with Crippen molar-refractivity contribution in [3.63, 3.8) is 0 Å². The first kappa shape index (κ1) is 11.7. The smallest absolute Gasteiger partial charge is 0.0410 e. The minimum absolute atomic E-state index is 0.635. The van der Waals surface area contributed by atoms with Crippen LogP contribution in [0.4, 0.5) is 0 Å². The lowest BCUT2D eigenvalue weighted by atomic mass is 10.1. The number of pyridine rings is 1. The normalized spacial score (nSPS) is 10.8. The maximum atomic E-state index is 4.13. The maximum absolute atomic E-state index is 4.13. The van der Waals surface area contributed by atoms with Gasteiger partial charge in [-0.25, -0.2) is 0 Å². The van der Waals surface area contributed by atoms with Crippen molar-refractivity contribution in [2.24, 2.45) is 5.92 Å². The fourth-order valence-corrected chi connectivity index (χ4v) is 2.99. The maximum Gasteiger partial charge on any atom is 0.0410 e. The lowest BCUT2D eigenvalue weighted by Crippen LogP contribution is -2.07. The van der Waals surface area contributed by atoms with Gasteiger partial charge in [0.25, 0.3) is 0 Å². The van der Waals surface area contributed by atoms with Crippen LogP contribution >= 0.6 is 47.8 Å². The van der Waals surface area contributed by atoms with Gasteiger partial charge in [-0.05, 0) is 39.9 Å². The number of rotatable bonds is 4. The number of aromatic nitrogens is 1. The minimum atomic E-state index is 0.635. The molecule has 0 aliphatic heterocycles. The summed E-state index contributed by atoms with van der Waals surface area (Å²) in [6, 6.07) is 2.12. The Bertz CT molecular complexity index is 261. The molecule has 4 heteroatoms. The van der Waals surface area contributed by atoms with E-state index in [0.29, 0.717) is 5.92 Å². The van der Waals surface area contributed by atoms with E-state index in [0.717, 1.165) is 21.6 Å². The first-order valence-corrected chi connectivity index (χ1v) is 7.01. The third-order valence-electron chi connectivity index (χ3n) is 1.72. The standard InChI is InChI=1S/C9H10Br3N/c10-3-8(4-11)1-7-2-9(12)6-13-5-7/h2,5-6,8H,1,3-4H2. The molecule has 0 radical (unpaired) electrons. The lowest BCUT2D eigenvalue weighted by molar-refractivity contribution is 0.677. The SMILES string of the molecule is BrCC(CBr)Cc1cncc(Br)c1. The molecular formula is C9H10Br3N. The van der Waals surface area contributed by atoms with Crippen molar-refractivity contribution in [3.05, 3.63) is 28.5 Å². The van der Waals surface area contributed by atoms with Crippen LogP contribution < -0.4 is 0 Å². The molecule has 72 valence electrons. The Morgan fingerprint density at radius 3 is 2.46 bits per heavy atom. The molecule has 1 rings (SSSR count). The Morgan fingerprint density at radius 1 is 1.23 bits per heavy atom. The summed E-state index contributed by atoms with van der Waals surface area (Å²) in [5.41, 5.74) is 1.28. The number of halogens is 3. The Kier molecular flexibility index (Phi) is 5.51. The average Bonchev–Trinajstić information content (AvgIpc) is 2.14. The van der Waals surface area contributed by atoms with Crippen molar-refractivity contribution in [1.29, 1.82) is 0 Å². The second-order valence-electron chi connectivity index (χ2n) is 2.89. The van der Waals surface area contributed by atoms with E-state index in [9.17, 15) is 0 Å². The van der Waals surface area contributed by atoms with Gasteiger partial charge < -0.3 is 0 Å². The summed E-state index contributed by atoms with van der Waals surface area (Å²) in [5.74, 6) is 0.635. The highest BCUT2D eigenvalue weighted by Crippen LogP contribution is 2.16. The van der Waals surface area contributed by atoms with E-state index in [1.165, 1.54) is 5.56 Å². The summed E-state index contributed by atoms with van der Waals surface area (Å²) < 4.78 is 1.05. The van der Waals surface area contributed by atoms with Crippen LogP contribution in [0.25, 0.3) is 0 Å². The van der Waals surface area contributed by atoms with Crippen molar-refractivity contribution < 1.29 is 0 Å². The van der Waals surface area contributed by atoms with Gasteiger partial charge in [0, 0.05) is 27.5 Å². The second-order valence-corrected chi connectivity index (χ2v) is 5.10.